The number of amides is 1. The maximum Gasteiger partial charge on any atom is 0.313 e. The first-order valence-corrected chi connectivity index (χ1v) is 7.52. The van der Waals surface area contributed by atoms with Gasteiger partial charge in [0.1, 0.15) is 0 Å². The highest BCUT2D eigenvalue weighted by molar-refractivity contribution is 7.99. The fourth-order valence-electron chi connectivity index (χ4n) is 1.84. The number of carboxylic acid groups (broad SMARTS) is 1. The lowest BCUT2D eigenvalue weighted by molar-refractivity contribution is -0.133. The summed E-state index contributed by atoms with van der Waals surface area (Å²) in [6.07, 6.45) is 4.90. The van der Waals surface area contributed by atoms with Crippen LogP contribution in [-0.2, 0) is 14.3 Å². The van der Waals surface area contributed by atoms with E-state index in [4.69, 9.17) is 9.84 Å². The molecule has 0 bridgehead atoms. The summed E-state index contributed by atoms with van der Waals surface area (Å²) in [5.41, 5.74) is 0. The van der Waals surface area contributed by atoms with Crippen LogP contribution in [0.4, 0.5) is 0 Å². The van der Waals surface area contributed by atoms with E-state index in [0.717, 1.165) is 25.9 Å². The van der Waals surface area contributed by atoms with Gasteiger partial charge >= 0.3 is 5.97 Å². The molecule has 0 radical (unpaired) electrons. The summed E-state index contributed by atoms with van der Waals surface area (Å²) in [6.45, 7) is 1.35. The van der Waals surface area contributed by atoms with Gasteiger partial charge in [0.25, 0.3) is 0 Å². The fraction of sp³-hybridized carbons (Fsp3) is 0.833. The number of aliphatic carboxylic acids is 1. The van der Waals surface area contributed by atoms with Gasteiger partial charge in [-0.1, -0.05) is 0 Å². The van der Waals surface area contributed by atoms with Crippen LogP contribution in [-0.4, -0.2) is 47.7 Å². The Labute approximate surface area is 112 Å². The average molecular weight is 275 g/mol. The van der Waals surface area contributed by atoms with Crippen molar-refractivity contribution >= 4 is 23.6 Å². The summed E-state index contributed by atoms with van der Waals surface area (Å²) in [6, 6.07) is 0. The molecule has 1 fully saturated rings. The Morgan fingerprint density at radius 1 is 1.39 bits per heavy atom. The molecular weight excluding hydrogens is 254 g/mol. The van der Waals surface area contributed by atoms with E-state index in [1.54, 1.807) is 0 Å². The average Bonchev–Trinajstić information content (AvgIpc) is 2.37. The van der Waals surface area contributed by atoms with E-state index in [-0.39, 0.29) is 17.8 Å². The Hall–Kier alpha value is -0.750. The van der Waals surface area contributed by atoms with Crippen LogP contribution in [0.15, 0.2) is 0 Å². The van der Waals surface area contributed by atoms with E-state index in [1.807, 2.05) is 0 Å². The molecule has 0 aromatic rings. The number of carboxylic acids is 1. The first-order chi connectivity index (χ1) is 8.68. The summed E-state index contributed by atoms with van der Waals surface area (Å²) in [7, 11) is 0. The molecule has 1 saturated heterocycles. The number of ether oxygens (including phenoxy) is 1. The highest BCUT2D eigenvalue weighted by Gasteiger charge is 2.14. The number of rotatable bonds is 8. The van der Waals surface area contributed by atoms with Crippen LogP contribution in [0.1, 0.15) is 32.1 Å². The number of carbonyl (C=O) groups excluding carboxylic acids is 1. The highest BCUT2D eigenvalue weighted by Crippen LogP contribution is 2.16. The molecule has 1 atom stereocenters. The number of carbonyl (C=O) groups is 2. The molecule has 1 aliphatic rings. The van der Waals surface area contributed by atoms with Crippen molar-refractivity contribution in [2.24, 2.45) is 0 Å². The maximum absolute atomic E-state index is 11.5. The molecule has 0 aliphatic carbocycles. The third-order valence-electron chi connectivity index (χ3n) is 2.76. The summed E-state index contributed by atoms with van der Waals surface area (Å²) in [5.74, 6) is -0.0649. The van der Waals surface area contributed by atoms with Crippen LogP contribution in [0.5, 0.6) is 0 Å². The van der Waals surface area contributed by atoms with Gasteiger partial charge in [-0.2, -0.15) is 0 Å². The van der Waals surface area contributed by atoms with Gasteiger partial charge in [0.2, 0.25) is 5.91 Å². The SMILES string of the molecule is O=C(O)CSCCNC(=O)CCC1CCCCO1. The third-order valence-corrected chi connectivity index (χ3v) is 3.71. The number of hydrogen-bond acceptors (Lipinski definition) is 4. The molecule has 1 rings (SSSR count). The summed E-state index contributed by atoms with van der Waals surface area (Å²) in [4.78, 5) is 21.7. The van der Waals surface area contributed by atoms with Crippen molar-refractivity contribution in [2.75, 3.05) is 24.7 Å². The molecule has 6 heteroatoms. The van der Waals surface area contributed by atoms with Crippen molar-refractivity contribution in [2.45, 2.75) is 38.2 Å². The van der Waals surface area contributed by atoms with Crippen molar-refractivity contribution in [1.82, 2.24) is 5.32 Å². The molecule has 1 amide bonds. The molecule has 2 N–H and O–H groups in total. The summed E-state index contributed by atoms with van der Waals surface area (Å²) >= 11 is 1.31. The lowest BCUT2D eigenvalue weighted by atomic mass is 10.0. The predicted octanol–water partition coefficient (Wildman–Crippen LogP) is 1.27. The Morgan fingerprint density at radius 2 is 2.22 bits per heavy atom. The minimum atomic E-state index is -0.819. The van der Waals surface area contributed by atoms with Crippen molar-refractivity contribution in [3.8, 4) is 0 Å². The van der Waals surface area contributed by atoms with E-state index in [9.17, 15) is 9.59 Å². The first-order valence-electron chi connectivity index (χ1n) is 6.36. The standard InChI is InChI=1S/C12H21NO4S/c14-11(13-6-8-18-9-12(15)16)5-4-10-3-1-2-7-17-10/h10H,1-9H2,(H,13,14)(H,15,16). The molecule has 0 spiro atoms. The van der Waals surface area contributed by atoms with Gasteiger partial charge in [0, 0.05) is 25.3 Å². The zero-order valence-corrected chi connectivity index (χ0v) is 11.3. The van der Waals surface area contributed by atoms with Gasteiger partial charge in [-0.05, 0) is 25.7 Å². The Kier molecular flexibility index (Phi) is 7.84. The number of nitrogens with one attached hydrogen (secondary N) is 1. The molecule has 1 heterocycles. The first kappa shape index (κ1) is 15.3. The molecule has 18 heavy (non-hydrogen) atoms. The lowest BCUT2D eigenvalue weighted by Gasteiger charge is -2.22. The molecule has 5 nitrogen and oxygen atoms in total. The Bertz CT molecular complexity index is 267. The summed E-state index contributed by atoms with van der Waals surface area (Å²) in [5, 5.41) is 11.2. The van der Waals surface area contributed by atoms with E-state index in [2.05, 4.69) is 5.32 Å². The minimum Gasteiger partial charge on any atom is -0.481 e. The van der Waals surface area contributed by atoms with Crippen LogP contribution in [0.2, 0.25) is 0 Å². The van der Waals surface area contributed by atoms with E-state index in [0.29, 0.717) is 18.7 Å². The normalized spacial score (nSPS) is 19.4. The second-order valence-electron chi connectivity index (χ2n) is 4.32. The van der Waals surface area contributed by atoms with Crippen LogP contribution in [0.3, 0.4) is 0 Å². The largest absolute Gasteiger partial charge is 0.481 e. The predicted molar refractivity (Wildman–Crippen MR) is 70.8 cm³/mol. The van der Waals surface area contributed by atoms with E-state index >= 15 is 0 Å². The topological polar surface area (TPSA) is 75.6 Å². The van der Waals surface area contributed by atoms with Gasteiger partial charge < -0.3 is 15.2 Å². The zero-order chi connectivity index (χ0) is 13.2. The molecule has 0 saturated carbocycles. The minimum absolute atomic E-state index is 0.0279. The Morgan fingerprint density at radius 3 is 2.89 bits per heavy atom. The molecule has 104 valence electrons. The van der Waals surface area contributed by atoms with Crippen molar-refractivity contribution in [3.05, 3.63) is 0 Å². The molecule has 0 aromatic carbocycles. The van der Waals surface area contributed by atoms with Gasteiger partial charge in [-0.15, -0.1) is 11.8 Å². The van der Waals surface area contributed by atoms with Gasteiger partial charge in [0.15, 0.2) is 0 Å². The van der Waals surface area contributed by atoms with Gasteiger partial charge in [-0.25, -0.2) is 0 Å². The number of thioether (sulfide) groups is 1. The van der Waals surface area contributed by atoms with Gasteiger partial charge in [-0.3, -0.25) is 9.59 Å². The molecule has 1 aliphatic heterocycles. The van der Waals surface area contributed by atoms with E-state index < -0.39 is 5.97 Å². The monoisotopic (exact) mass is 275 g/mol. The molecule has 0 aromatic heterocycles. The lowest BCUT2D eigenvalue weighted by Crippen LogP contribution is -2.28. The molecule has 1 unspecified atom stereocenters. The third kappa shape index (κ3) is 7.55. The Balaban J connectivity index is 1.94. The van der Waals surface area contributed by atoms with Crippen molar-refractivity contribution < 1.29 is 19.4 Å². The fourth-order valence-corrected chi connectivity index (χ4v) is 2.40. The maximum atomic E-state index is 11.5. The van der Waals surface area contributed by atoms with Crippen LogP contribution in [0.25, 0.3) is 0 Å². The van der Waals surface area contributed by atoms with Crippen molar-refractivity contribution in [1.29, 1.82) is 0 Å². The van der Waals surface area contributed by atoms with Crippen LogP contribution in [0, 0.1) is 0 Å². The second-order valence-corrected chi connectivity index (χ2v) is 5.43. The smallest absolute Gasteiger partial charge is 0.313 e. The van der Waals surface area contributed by atoms with Crippen LogP contribution < -0.4 is 5.32 Å². The van der Waals surface area contributed by atoms with E-state index in [1.165, 1.54) is 18.2 Å². The zero-order valence-electron chi connectivity index (χ0n) is 10.5. The van der Waals surface area contributed by atoms with Crippen molar-refractivity contribution in [3.63, 3.8) is 0 Å². The number of hydrogen-bond donors (Lipinski definition) is 2. The molecular formula is C12H21NO4S. The second kappa shape index (κ2) is 9.22. The van der Waals surface area contributed by atoms with Crippen LogP contribution >= 0.6 is 11.8 Å². The quantitative estimate of drug-likeness (QED) is 0.652. The summed E-state index contributed by atoms with van der Waals surface area (Å²) < 4.78 is 5.55. The van der Waals surface area contributed by atoms with Gasteiger partial charge in [0.05, 0.1) is 11.9 Å². The highest BCUT2D eigenvalue weighted by atomic mass is 32.2.